The number of aliphatic imine (C=N–C) groups is 1. The van der Waals surface area contributed by atoms with Gasteiger partial charge in [0.1, 0.15) is 0 Å². The number of benzene rings is 1. The van der Waals surface area contributed by atoms with E-state index in [0.717, 1.165) is 0 Å². The molecule has 0 heterocycles. The minimum Gasteiger partial charge on any atom is -0.379 e. The minimum atomic E-state index is -0.0764. The van der Waals surface area contributed by atoms with Crippen LogP contribution in [0.25, 0.3) is 0 Å². The van der Waals surface area contributed by atoms with Crippen molar-refractivity contribution in [2.45, 2.75) is 26.9 Å². The van der Waals surface area contributed by atoms with Crippen molar-refractivity contribution < 1.29 is 9.53 Å². The summed E-state index contributed by atoms with van der Waals surface area (Å²) in [6, 6.07) is 9.17. The van der Waals surface area contributed by atoms with Crippen LogP contribution in [0.4, 0.5) is 0 Å². The molecule has 0 radical (unpaired) electrons. The van der Waals surface area contributed by atoms with Gasteiger partial charge in [-0.3, -0.25) is 9.79 Å². The molecule has 7 heteroatoms. The number of methoxy groups -OCH3 is 1. The minimum absolute atomic E-state index is 0. The molecule has 6 nitrogen and oxygen atoms in total. The Morgan fingerprint density at radius 3 is 2.24 bits per heavy atom. The fourth-order valence-electron chi connectivity index (χ4n) is 2.20. The molecule has 1 unspecified atom stereocenters. The third-order valence-corrected chi connectivity index (χ3v) is 3.67. The first-order valence-corrected chi connectivity index (χ1v) is 8.19. The first-order valence-electron chi connectivity index (χ1n) is 8.19. The number of amides is 1. The van der Waals surface area contributed by atoms with Gasteiger partial charge >= 0.3 is 0 Å². The van der Waals surface area contributed by atoms with Crippen LogP contribution >= 0.6 is 24.0 Å². The monoisotopic (exact) mass is 462 g/mol. The number of ether oxygens (including phenoxy) is 1. The molecule has 0 spiro atoms. The highest BCUT2D eigenvalue weighted by Crippen LogP contribution is 2.20. The standard InChI is InChI=1S/C18H30N4O2.HI/c1-18(2,3)15(24-5)13-22-17(19-4)21-12-11-20-16(23)14-9-7-6-8-10-14;/h6-10,15H,11-13H2,1-5H3,(H,20,23)(H2,19,21,22);1H. The van der Waals surface area contributed by atoms with Gasteiger partial charge in [0.05, 0.1) is 6.10 Å². The van der Waals surface area contributed by atoms with Crippen LogP contribution in [0.2, 0.25) is 0 Å². The first kappa shape index (κ1) is 23.6. The Morgan fingerprint density at radius 1 is 1.12 bits per heavy atom. The zero-order chi connectivity index (χ0) is 18.0. The lowest BCUT2D eigenvalue weighted by atomic mass is 9.89. The molecule has 0 aliphatic carbocycles. The fourth-order valence-corrected chi connectivity index (χ4v) is 2.20. The number of halogens is 1. The molecule has 1 atom stereocenters. The summed E-state index contributed by atoms with van der Waals surface area (Å²) >= 11 is 0. The van der Waals surface area contributed by atoms with Gasteiger partial charge in [0.25, 0.3) is 5.91 Å². The molecule has 25 heavy (non-hydrogen) atoms. The van der Waals surface area contributed by atoms with Crippen LogP contribution in [-0.2, 0) is 4.74 Å². The van der Waals surface area contributed by atoms with Gasteiger partial charge in [-0.2, -0.15) is 0 Å². The van der Waals surface area contributed by atoms with Crippen molar-refractivity contribution in [1.82, 2.24) is 16.0 Å². The van der Waals surface area contributed by atoms with Gasteiger partial charge in [0, 0.05) is 39.4 Å². The molecule has 0 fully saturated rings. The summed E-state index contributed by atoms with van der Waals surface area (Å²) in [7, 11) is 3.43. The number of guanidine groups is 1. The lowest BCUT2D eigenvalue weighted by molar-refractivity contribution is 0.0205. The van der Waals surface area contributed by atoms with E-state index in [9.17, 15) is 4.79 Å². The number of hydrogen-bond donors (Lipinski definition) is 3. The van der Waals surface area contributed by atoms with Crippen molar-refractivity contribution in [2.24, 2.45) is 10.4 Å². The Bertz CT molecular complexity index is 530. The van der Waals surface area contributed by atoms with Crippen molar-refractivity contribution in [2.75, 3.05) is 33.8 Å². The highest BCUT2D eigenvalue weighted by Gasteiger charge is 2.24. The molecule has 1 rings (SSSR count). The van der Waals surface area contributed by atoms with Gasteiger partial charge in [-0.15, -0.1) is 24.0 Å². The predicted octanol–water partition coefficient (Wildman–Crippen LogP) is 2.26. The van der Waals surface area contributed by atoms with Crippen LogP contribution in [-0.4, -0.2) is 51.8 Å². The largest absolute Gasteiger partial charge is 0.379 e. The average molecular weight is 462 g/mol. The van der Waals surface area contributed by atoms with Gasteiger partial charge < -0.3 is 20.7 Å². The first-order chi connectivity index (χ1) is 11.4. The number of hydrogen-bond acceptors (Lipinski definition) is 3. The smallest absolute Gasteiger partial charge is 0.251 e. The molecule has 0 bridgehead atoms. The molecule has 0 aliphatic heterocycles. The second-order valence-electron chi connectivity index (χ2n) is 6.59. The Labute approximate surface area is 168 Å². The lowest BCUT2D eigenvalue weighted by Crippen LogP contribution is -2.46. The van der Waals surface area contributed by atoms with Crippen molar-refractivity contribution in [1.29, 1.82) is 0 Å². The highest BCUT2D eigenvalue weighted by molar-refractivity contribution is 14.0. The molecule has 1 aromatic carbocycles. The predicted molar refractivity (Wildman–Crippen MR) is 114 cm³/mol. The number of carbonyl (C=O) groups excluding carboxylic acids is 1. The summed E-state index contributed by atoms with van der Waals surface area (Å²) < 4.78 is 5.51. The van der Waals surface area contributed by atoms with Crippen LogP contribution in [0, 0.1) is 5.41 Å². The topological polar surface area (TPSA) is 74.8 Å². The van der Waals surface area contributed by atoms with Crippen molar-refractivity contribution in [3.63, 3.8) is 0 Å². The molecule has 0 saturated heterocycles. The van der Waals surface area contributed by atoms with Gasteiger partial charge in [-0.25, -0.2) is 0 Å². The normalized spacial score (nSPS) is 12.8. The third kappa shape index (κ3) is 9.06. The number of nitrogens with one attached hydrogen (secondary N) is 3. The Hall–Kier alpha value is -1.35. The van der Waals surface area contributed by atoms with Crippen LogP contribution in [0.1, 0.15) is 31.1 Å². The summed E-state index contributed by atoms with van der Waals surface area (Å²) in [6.45, 7) is 8.18. The summed E-state index contributed by atoms with van der Waals surface area (Å²) in [5.41, 5.74) is 0.706. The second-order valence-corrected chi connectivity index (χ2v) is 6.59. The molecule has 3 N–H and O–H groups in total. The van der Waals surface area contributed by atoms with Crippen LogP contribution in [0.5, 0.6) is 0 Å². The molecular formula is C18H31IN4O2. The molecule has 0 aromatic heterocycles. The van der Waals surface area contributed by atoms with E-state index in [-0.39, 0.29) is 41.4 Å². The summed E-state index contributed by atoms with van der Waals surface area (Å²) in [5.74, 6) is 0.614. The van der Waals surface area contributed by atoms with E-state index in [2.05, 4.69) is 41.7 Å². The van der Waals surface area contributed by atoms with Crippen molar-refractivity contribution >= 4 is 35.8 Å². The van der Waals surface area contributed by atoms with Crippen molar-refractivity contribution in [3.8, 4) is 0 Å². The summed E-state index contributed by atoms with van der Waals surface area (Å²) in [6.07, 6.45) is 0.0776. The number of nitrogens with zero attached hydrogens (tertiary/aromatic N) is 1. The molecule has 1 amide bonds. The fraction of sp³-hybridized carbons (Fsp3) is 0.556. The van der Waals surface area contributed by atoms with Gasteiger partial charge in [-0.1, -0.05) is 39.0 Å². The SMILES string of the molecule is CN=C(NCCNC(=O)c1ccccc1)NCC(OC)C(C)(C)C.I. The molecular weight excluding hydrogens is 431 g/mol. The van der Waals surface area contributed by atoms with E-state index < -0.39 is 0 Å². The number of carbonyl (C=O) groups is 1. The lowest BCUT2D eigenvalue weighted by Gasteiger charge is -2.30. The van der Waals surface area contributed by atoms with E-state index in [1.54, 1.807) is 26.3 Å². The Balaban J connectivity index is 0.00000576. The summed E-state index contributed by atoms with van der Waals surface area (Å²) in [5, 5.41) is 9.29. The van der Waals surface area contributed by atoms with E-state index >= 15 is 0 Å². The van der Waals surface area contributed by atoms with E-state index in [0.29, 0.717) is 31.2 Å². The zero-order valence-electron chi connectivity index (χ0n) is 15.8. The van der Waals surface area contributed by atoms with E-state index in [4.69, 9.17) is 4.74 Å². The van der Waals surface area contributed by atoms with Crippen LogP contribution in [0.15, 0.2) is 35.3 Å². The van der Waals surface area contributed by atoms with Crippen LogP contribution in [0.3, 0.4) is 0 Å². The maximum atomic E-state index is 11.9. The number of rotatable bonds is 7. The average Bonchev–Trinajstić information content (AvgIpc) is 2.56. The van der Waals surface area contributed by atoms with Crippen molar-refractivity contribution in [3.05, 3.63) is 35.9 Å². The third-order valence-electron chi connectivity index (χ3n) is 3.67. The van der Waals surface area contributed by atoms with Gasteiger partial charge in [-0.05, 0) is 17.5 Å². The molecule has 142 valence electrons. The quantitative estimate of drug-likeness (QED) is 0.252. The molecule has 1 aromatic rings. The maximum absolute atomic E-state index is 11.9. The summed E-state index contributed by atoms with van der Waals surface area (Å²) in [4.78, 5) is 16.1. The van der Waals surface area contributed by atoms with Gasteiger partial charge in [0.15, 0.2) is 5.96 Å². The Morgan fingerprint density at radius 2 is 1.72 bits per heavy atom. The van der Waals surface area contributed by atoms with Gasteiger partial charge in [0.2, 0.25) is 0 Å². The second kappa shape index (κ2) is 12.1. The van der Waals surface area contributed by atoms with E-state index in [1.807, 2.05) is 18.2 Å². The highest BCUT2D eigenvalue weighted by atomic mass is 127. The van der Waals surface area contributed by atoms with Crippen LogP contribution < -0.4 is 16.0 Å². The van der Waals surface area contributed by atoms with E-state index in [1.165, 1.54) is 0 Å². The molecule has 0 saturated carbocycles. The maximum Gasteiger partial charge on any atom is 0.251 e. The molecule has 0 aliphatic rings. The zero-order valence-corrected chi connectivity index (χ0v) is 18.1. The Kier molecular flexibility index (Phi) is 11.4.